The van der Waals surface area contributed by atoms with Crippen molar-refractivity contribution in [3.63, 3.8) is 0 Å². The van der Waals surface area contributed by atoms with Crippen molar-refractivity contribution < 1.29 is 8.42 Å². The number of hydrogen-bond donors (Lipinski definition) is 1. The van der Waals surface area contributed by atoms with E-state index in [9.17, 15) is 8.42 Å². The van der Waals surface area contributed by atoms with Crippen LogP contribution in [0.2, 0.25) is 10.2 Å². The predicted molar refractivity (Wildman–Crippen MR) is 71.7 cm³/mol. The van der Waals surface area contributed by atoms with Crippen molar-refractivity contribution in [2.24, 2.45) is 0 Å². The van der Waals surface area contributed by atoms with Gasteiger partial charge in [-0.25, -0.2) is 23.1 Å². The van der Waals surface area contributed by atoms with Gasteiger partial charge in [-0.15, -0.1) is 0 Å². The summed E-state index contributed by atoms with van der Waals surface area (Å²) >= 11 is 11.4. The number of pyridine rings is 1. The van der Waals surface area contributed by atoms with Crippen LogP contribution >= 0.6 is 23.2 Å². The molecule has 0 unspecified atom stereocenters. The Morgan fingerprint density at radius 1 is 1.37 bits per heavy atom. The Hall–Kier alpha value is -1.15. The highest BCUT2D eigenvalue weighted by Gasteiger charge is 2.15. The highest BCUT2D eigenvalue weighted by molar-refractivity contribution is 7.89. The number of nitrogens with one attached hydrogen (secondary N) is 1. The fourth-order valence-electron chi connectivity index (χ4n) is 1.36. The number of imidazole rings is 1. The van der Waals surface area contributed by atoms with Crippen LogP contribution in [0.25, 0.3) is 0 Å². The molecule has 0 amide bonds. The topological polar surface area (TPSA) is 76.9 Å². The third kappa shape index (κ3) is 3.66. The molecule has 0 atom stereocenters. The van der Waals surface area contributed by atoms with Crippen LogP contribution in [0.1, 0.15) is 0 Å². The summed E-state index contributed by atoms with van der Waals surface area (Å²) in [5.74, 6) is 0. The van der Waals surface area contributed by atoms with E-state index in [1.807, 2.05) is 0 Å². The number of rotatable bonds is 5. The lowest BCUT2D eigenvalue weighted by Gasteiger charge is -2.07. The maximum Gasteiger partial charge on any atom is 0.242 e. The summed E-state index contributed by atoms with van der Waals surface area (Å²) in [7, 11) is -3.64. The lowest BCUT2D eigenvalue weighted by molar-refractivity contribution is 0.572. The van der Waals surface area contributed by atoms with Gasteiger partial charge in [0.1, 0.15) is 10.0 Å². The fourth-order valence-corrected chi connectivity index (χ4v) is 2.69. The second-order valence-electron chi connectivity index (χ2n) is 3.64. The average molecular weight is 321 g/mol. The van der Waals surface area contributed by atoms with Crippen LogP contribution in [-0.2, 0) is 16.6 Å². The van der Waals surface area contributed by atoms with Crippen LogP contribution < -0.4 is 4.72 Å². The highest BCUT2D eigenvalue weighted by atomic mass is 35.5. The van der Waals surface area contributed by atoms with Gasteiger partial charge in [-0.1, -0.05) is 23.2 Å². The van der Waals surface area contributed by atoms with E-state index in [0.29, 0.717) is 6.54 Å². The van der Waals surface area contributed by atoms with Crippen LogP contribution in [0.4, 0.5) is 0 Å². The molecule has 9 heteroatoms. The van der Waals surface area contributed by atoms with Crippen molar-refractivity contribution in [3.8, 4) is 0 Å². The molecule has 0 fully saturated rings. The molecule has 6 nitrogen and oxygen atoms in total. The molecular formula is C10H10Cl2N4O2S. The third-order valence-electron chi connectivity index (χ3n) is 2.30. The van der Waals surface area contributed by atoms with E-state index in [1.165, 1.54) is 6.07 Å². The average Bonchev–Trinajstić information content (AvgIpc) is 2.85. The molecule has 0 saturated carbocycles. The van der Waals surface area contributed by atoms with E-state index in [4.69, 9.17) is 23.2 Å². The Balaban J connectivity index is 2.03. The van der Waals surface area contributed by atoms with Gasteiger partial charge >= 0.3 is 0 Å². The van der Waals surface area contributed by atoms with Gasteiger partial charge in [0.05, 0.1) is 11.3 Å². The molecule has 0 spiro atoms. The molecule has 102 valence electrons. The molecular weight excluding hydrogens is 311 g/mol. The summed E-state index contributed by atoms with van der Waals surface area (Å²) in [6.45, 7) is 0.715. The zero-order valence-corrected chi connectivity index (χ0v) is 12.0. The Bertz CT molecular complexity index is 658. The van der Waals surface area contributed by atoms with Gasteiger partial charge in [0, 0.05) is 31.7 Å². The first-order valence-corrected chi connectivity index (χ1v) is 7.49. The largest absolute Gasteiger partial charge is 0.336 e. The second-order valence-corrected chi connectivity index (χ2v) is 6.17. The molecule has 0 saturated heterocycles. The zero-order chi connectivity index (χ0) is 13.9. The molecule has 0 aliphatic rings. The summed E-state index contributed by atoms with van der Waals surface area (Å²) in [5.41, 5.74) is 0. The maximum atomic E-state index is 11.9. The van der Waals surface area contributed by atoms with E-state index in [2.05, 4.69) is 14.7 Å². The van der Waals surface area contributed by atoms with E-state index in [0.717, 1.165) is 6.20 Å². The normalized spacial score (nSPS) is 11.7. The summed E-state index contributed by atoms with van der Waals surface area (Å²) in [5, 5.41) is 0.165. The standard InChI is InChI=1S/C10H10Cl2N4O2S/c11-9-5-8(6-14-10(9)12)19(17,18)15-2-4-16-3-1-13-7-16/h1,3,5-7,15H,2,4H2. The van der Waals surface area contributed by atoms with Crippen LogP contribution in [0.5, 0.6) is 0 Å². The van der Waals surface area contributed by atoms with E-state index in [-0.39, 0.29) is 21.6 Å². The summed E-state index contributed by atoms with van der Waals surface area (Å²) < 4.78 is 28.1. The minimum absolute atomic E-state index is 0.0208. The number of halogens is 2. The molecule has 2 aromatic heterocycles. The molecule has 0 aliphatic heterocycles. The molecule has 2 heterocycles. The molecule has 2 rings (SSSR count). The van der Waals surface area contributed by atoms with Gasteiger partial charge in [-0.05, 0) is 6.07 Å². The predicted octanol–water partition coefficient (Wildman–Crippen LogP) is 1.56. The second kappa shape index (κ2) is 5.87. The van der Waals surface area contributed by atoms with Gasteiger partial charge in [-0.3, -0.25) is 0 Å². The first kappa shape index (κ1) is 14.3. The Labute approximate surface area is 120 Å². The van der Waals surface area contributed by atoms with Gasteiger partial charge < -0.3 is 4.57 Å². The molecule has 19 heavy (non-hydrogen) atoms. The number of aromatic nitrogens is 3. The van der Waals surface area contributed by atoms with Gasteiger partial charge in [0.2, 0.25) is 10.0 Å². The summed E-state index contributed by atoms with van der Waals surface area (Å²) in [6.07, 6.45) is 6.13. The molecule has 2 aromatic rings. The first-order chi connectivity index (χ1) is 8.99. The molecule has 1 N–H and O–H groups in total. The van der Waals surface area contributed by atoms with Crippen LogP contribution in [0.3, 0.4) is 0 Å². The Morgan fingerprint density at radius 2 is 2.16 bits per heavy atom. The zero-order valence-electron chi connectivity index (χ0n) is 9.62. The van der Waals surface area contributed by atoms with Crippen molar-refractivity contribution in [2.75, 3.05) is 6.54 Å². The minimum atomic E-state index is -3.64. The highest BCUT2D eigenvalue weighted by Crippen LogP contribution is 2.21. The monoisotopic (exact) mass is 320 g/mol. The van der Waals surface area contributed by atoms with Crippen molar-refractivity contribution in [1.29, 1.82) is 0 Å². The third-order valence-corrected chi connectivity index (χ3v) is 4.42. The van der Waals surface area contributed by atoms with Crippen molar-refractivity contribution in [3.05, 3.63) is 41.2 Å². The molecule has 0 bridgehead atoms. The summed E-state index contributed by atoms with van der Waals surface area (Å²) in [6, 6.07) is 1.26. The first-order valence-electron chi connectivity index (χ1n) is 5.25. The van der Waals surface area contributed by atoms with Gasteiger partial charge in [0.15, 0.2) is 0 Å². The number of nitrogens with zero attached hydrogens (tertiary/aromatic N) is 3. The quantitative estimate of drug-likeness (QED) is 0.848. The van der Waals surface area contributed by atoms with E-state index < -0.39 is 10.0 Å². The SMILES string of the molecule is O=S(=O)(NCCn1ccnc1)c1cnc(Cl)c(Cl)c1. The lowest BCUT2D eigenvalue weighted by Crippen LogP contribution is -2.27. The molecule has 0 aliphatic carbocycles. The lowest BCUT2D eigenvalue weighted by atomic mass is 10.5. The van der Waals surface area contributed by atoms with Crippen LogP contribution in [0, 0.1) is 0 Å². The van der Waals surface area contributed by atoms with E-state index in [1.54, 1.807) is 23.3 Å². The van der Waals surface area contributed by atoms with Crippen molar-refractivity contribution in [1.82, 2.24) is 19.3 Å². The van der Waals surface area contributed by atoms with Gasteiger partial charge in [0.25, 0.3) is 0 Å². The van der Waals surface area contributed by atoms with Crippen LogP contribution in [0.15, 0.2) is 35.9 Å². The van der Waals surface area contributed by atoms with Crippen LogP contribution in [-0.4, -0.2) is 29.5 Å². The van der Waals surface area contributed by atoms with Crippen molar-refractivity contribution in [2.45, 2.75) is 11.4 Å². The molecule has 0 radical (unpaired) electrons. The Kier molecular flexibility index (Phi) is 4.41. The number of sulfonamides is 1. The summed E-state index contributed by atoms with van der Waals surface area (Å²) in [4.78, 5) is 7.54. The number of hydrogen-bond acceptors (Lipinski definition) is 4. The smallest absolute Gasteiger partial charge is 0.242 e. The maximum absolute atomic E-state index is 11.9. The minimum Gasteiger partial charge on any atom is -0.336 e. The Morgan fingerprint density at radius 3 is 2.79 bits per heavy atom. The van der Waals surface area contributed by atoms with Crippen molar-refractivity contribution >= 4 is 33.2 Å². The fraction of sp³-hybridized carbons (Fsp3) is 0.200. The molecule has 0 aromatic carbocycles. The van der Waals surface area contributed by atoms with Gasteiger partial charge in [-0.2, -0.15) is 0 Å². The van der Waals surface area contributed by atoms with E-state index >= 15 is 0 Å².